The minimum absolute atomic E-state index is 0.0688. The summed E-state index contributed by atoms with van der Waals surface area (Å²) in [5.74, 6) is 0.530. The third kappa shape index (κ3) is 3.26. The highest BCUT2D eigenvalue weighted by Gasteiger charge is 2.40. The summed E-state index contributed by atoms with van der Waals surface area (Å²) in [7, 11) is 0. The van der Waals surface area contributed by atoms with Crippen molar-refractivity contribution < 1.29 is 14.2 Å². The van der Waals surface area contributed by atoms with Crippen molar-refractivity contribution in [2.24, 2.45) is 0 Å². The smallest absolute Gasteiger partial charge is 0.182 e. The highest BCUT2D eigenvalue weighted by atomic mass is 32.1. The summed E-state index contributed by atoms with van der Waals surface area (Å²) in [5, 5.41) is 14.7. The number of pyridine rings is 1. The molecule has 0 unspecified atom stereocenters. The number of aliphatic hydroxyl groups excluding tert-OH is 1. The van der Waals surface area contributed by atoms with Gasteiger partial charge >= 0.3 is 0 Å². The van der Waals surface area contributed by atoms with Gasteiger partial charge in [-0.3, -0.25) is 0 Å². The zero-order chi connectivity index (χ0) is 17.3. The number of aliphatic hydroxyl groups is 1. The lowest BCUT2D eigenvalue weighted by Crippen LogP contribution is -2.42. The maximum Gasteiger partial charge on any atom is 0.182 e. The number of hydrogen-bond acceptors (Lipinski definition) is 3. The average Bonchev–Trinajstić information content (AvgIpc) is 3.09. The Labute approximate surface area is 147 Å². The molecule has 128 valence electrons. The van der Waals surface area contributed by atoms with Gasteiger partial charge in [-0.05, 0) is 17.7 Å². The van der Waals surface area contributed by atoms with E-state index in [1.54, 1.807) is 35.4 Å². The van der Waals surface area contributed by atoms with Crippen LogP contribution >= 0.6 is 11.4 Å². The topological polar surface area (TPSA) is 60.2 Å². The standard InChI is InChI=1S/C18H16FN3O2S/c19-18(11-24-12-18)14-6-7-20-16(8-14)22-10-15(9-21-22)25-17(23)13-4-2-1-3-5-13/h1-10,23,25H,11-12H2. The lowest BCUT2D eigenvalue weighted by atomic mass is 9.95. The quantitative estimate of drug-likeness (QED) is 0.557. The van der Waals surface area contributed by atoms with Gasteiger partial charge in [-0.2, -0.15) is 5.10 Å². The van der Waals surface area contributed by atoms with E-state index in [9.17, 15) is 9.50 Å². The highest BCUT2D eigenvalue weighted by Crippen LogP contribution is 2.34. The van der Waals surface area contributed by atoms with Gasteiger partial charge in [-0.15, -0.1) is 11.4 Å². The van der Waals surface area contributed by atoms with Gasteiger partial charge in [0.05, 0.1) is 19.4 Å². The van der Waals surface area contributed by atoms with E-state index >= 15 is 0 Å². The molecular weight excluding hydrogens is 341 g/mol. The van der Waals surface area contributed by atoms with Crippen LogP contribution in [0.1, 0.15) is 11.1 Å². The highest BCUT2D eigenvalue weighted by molar-refractivity contribution is 7.98. The van der Waals surface area contributed by atoms with Crippen LogP contribution in [0.3, 0.4) is 0 Å². The Morgan fingerprint density at radius 2 is 2.04 bits per heavy atom. The van der Waals surface area contributed by atoms with Crippen molar-refractivity contribution in [3.05, 3.63) is 72.2 Å². The Morgan fingerprint density at radius 1 is 1.24 bits per heavy atom. The number of ether oxygens (including phenoxy) is 1. The molecule has 0 atom stereocenters. The van der Waals surface area contributed by atoms with Gasteiger partial charge in [-0.25, -0.2) is 14.1 Å². The Hall–Kier alpha value is -2.35. The van der Waals surface area contributed by atoms with Crippen molar-refractivity contribution in [1.82, 2.24) is 14.8 Å². The van der Waals surface area contributed by atoms with Crippen LogP contribution in [0.2, 0.25) is 0 Å². The molecule has 5 nitrogen and oxygen atoms in total. The molecule has 0 radical (unpaired) electrons. The van der Waals surface area contributed by atoms with Crippen LogP contribution < -0.4 is 0 Å². The molecular formula is C18H16FN3O2S. The van der Waals surface area contributed by atoms with Gasteiger partial charge in [-0.1, -0.05) is 30.3 Å². The van der Waals surface area contributed by atoms with E-state index in [1.165, 1.54) is 0 Å². The summed E-state index contributed by atoms with van der Waals surface area (Å²) in [6.45, 7) is 0.138. The molecule has 4 rings (SSSR count). The predicted molar refractivity (Wildman–Crippen MR) is 95.4 cm³/mol. The van der Waals surface area contributed by atoms with Crippen LogP contribution in [-0.4, -0.2) is 38.1 Å². The summed E-state index contributed by atoms with van der Waals surface area (Å²) in [6, 6.07) is 12.7. The van der Waals surface area contributed by atoms with Crippen LogP contribution in [0, 0.1) is 0 Å². The molecule has 0 bridgehead atoms. The van der Waals surface area contributed by atoms with E-state index < -0.39 is 5.67 Å². The SMILES string of the molecule is OC(=[SH]c1cnn(-c2cc(C3(F)COC3)ccn2)c1)c1ccccc1. The summed E-state index contributed by atoms with van der Waals surface area (Å²) in [4.78, 5) is 5.07. The molecule has 7 heteroatoms. The summed E-state index contributed by atoms with van der Waals surface area (Å²) >= 11 is 0.645. The van der Waals surface area contributed by atoms with Crippen molar-refractivity contribution in [2.75, 3.05) is 13.2 Å². The number of benzene rings is 1. The summed E-state index contributed by atoms with van der Waals surface area (Å²) < 4.78 is 21.0. The first kappa shape index (κ1) is 16.1. The lowest BCUT2D eigenvalue weighted by Gasteiger charge is -2.34. The molecule has 1 aromatic carbocycles. The van der Waals surface area contributed by atoms with Gasteiger partial charge in [0.2, 0.25) is 0 Å². The number of hydrogen-bond donors (Lipinski definition) is 2. The summed E-state index contributed by atoms with van der Waals surface area (Å²) in [6.07, 6.45) is 5.00. The van der Waals surface area contributed by atoms with Crippen LogP contribution in [0.15, 0.2) is 66.0 Å². The van der Waals surface area contributed by atoms with Gasteiger partial charge in [0.1, 0.15) is 5.05 Å². The fourth-order valence-corrected chi connectivity index (χ4v) is 3.34. The maximum absolute atomic E-state index is 14.5. The molecule has 0 aliphatic carbocycles. The Kier molecular flexibility index (Phi) is 4.20. The number of rotatable bonds is 4. The van der Waals surface area contributed by atoms with E-state index in [0.29, 0.717) is 22.7 Å². The van der Waals surface area contributed by atoms with Crippen LogP contribution in [-0.2, 0) is 10.4 Å². The molecule has 1 aliphatic heterocycles. The van der Waals surface area contributed by atoms with Crippen LogP contribution in [0.25, 0.3) is 5.82 Å². The molecule has 1 fully saturated rings. The number of nitrogens with zero attached hydrogens (tertiary/aromatic N) is 3. The largest absolute Gasteiger partial charge is 0.374 e. The fraction of sp³-hybridized carbons (Fsp3) is 0.167. The molecule has 3 heterocycles. The zero-order valence-electron chi connectivity index (χ0n) is 13.2. The molecule has 1 N–H and O–H groups in total. The van der Waals surface area contributed by atoms with Crippen molar-refractivity contribution in [3.63, 3.8) is 0 Å². The predicted octanol–water partition coefficient (Wildman–Crippen LogP) is 3.02. The lowest BCUT2D eigenvalue weighted by molar-refractivity contribution is -0.135. The first-order valence-electron chi connectivity index (χ1n) is 7.75. The molecule has 0 spiro atoms. The molecule has 3 aromatic rings. The number of alkyl halides is 1. The van der Waals surface area contributed by atoms with E-state index in [1.807, 2.05) is 30.3 Å². The van der Waals surface area contributed by atoms with Gasteiger partial charge < -0.3 is 9.84 Å². The molecule has 0 saturated carbocycles. The second-order valence-electron chi connectivity index (χ2n) is 5.81. The number of halogens is 1. The van der Waals surface area contributed by atoms with Crippen LogP contribution in [0.5, 0.6) is 0 Å². The Balaban J connectivity index is 1.60. The number of aromatic nitrogens is 3. The van der Waals surface area contributed by atoms with Gasteiger partial charge in [0, 0.05) is 22.9 Å². The van der Waals surface area contributed by atoms with Gasteiger partial charge in [0.25, 0.3) is 0 Å². The third-order valence-electron chi connectivity index (χ3n) is 4.00. The Bertz CT molecular complexity index is 923. The van der Waals surface area contributed by atoms with Crippen molar-refractivity contribution in [3.8, 4) is 5.82 Å². The first-order valence-corrected chi connectivity index (χ1v) is 8.65. The number of thiol groups is 1. The first-order chi connectivity index (χ1) is 12.1. The second-order valence-corrected chi connectivity index (χ2v) is 6.97. The molecule has 25 heavy (non-hydrogen) atoms. The minimum Gasteiger partial charge on any atom is -0.374 e. The van der Waals surface area contributed by atoms with Crippen molar-refractivity contribution in [2.45, 2.75) is 10.6 Å². The third-order valence-corrected chi connectivity index (χ3v) is 4.95. The molecule has 2 aromatic heterocycles. The Morgan fingerprint density at radius 3 is 2.76 bits per heavy atom. The van der Waals surface area contributed by atoms with Crippen molar-refractivity contribution in [1.29, 1.82) is 0 Å². The van der Waals surface area contributed by atoms with Crippen LogP contribution in [0.4, 0.5) is 4.39 Å². The molecule has 1 saturated heterocycles. The summed E-state index contributed by atoms with van der Waals surface area (Å²) in [5.41, 5.74) is -0.135. The monoisotopic (exact) mass is 357 g/mol. The van der Waals surface area contributed by atoms with E-state index in [-0.39, 0.29) is 18.3 Å². The van der Waals surface area contributed by atoms with E-state index in [4.69, 9.17) is 4.74 Å². The molecule has 0 amide bonds. The normalized spacial score (nSPS) is 16.8. The fourth-order valence-electron chi connectivity index (χ4n) is 2.54. The van der Waals surface area contributed by atoms with E-state index in [2.05, 4.69) is 10.1 Å². The molecule has 1 aliphatic rings. The average molecular weight is 357 g/mol. The minimum atomic E-state index is -1.44. The zero-order valence-corrected chi connectivity index (χ0v) is 14.1. The van der Waals surface area contributed by atoms with Gasteiger partial charge in [0.15, 0.2) is 11.5 Å². The van der Waals surface area contributed by atoms with Crippen molar-refractivity contribution >= 4 is 16.4 Å². The maximum atomic E-state index is 14.5. The van der Waals surface area contributed by atoms with E-state index in [0.717, 1.165) is 10.5 Å². The second kappa shape index (κ2) is 6.51.